The van der Waals surface area contributed by atoms with Crippen LogP contribution >= 0.6 is 0 Å². The number of aromatic nitrogens is 1. The summed E-state index contributed by atoms with van der Waals surface area (Å²) >= 11 is 0. The van der Waals surface area contributed by atoms with Gasteiger partial charge in [0.25, 0.3) is 0 Å². The van der Waals surface area contributed by atoms with Gasteiger partial charge in [0.15, 0.2) is 17.5 Å². The molecule has 0 saturated carbocycles. The number of carbonyl (C=O) groups is 3. The van der Waals surface area contributed by atoms with Crippen molar-refractivity contribution in [2.24, 2.45) is 5.73 Å². The van der Waals surface area contributed by atoms with Crippen molar-refractivity contribution in [2.45, 2.75) is 78.0 Å². The first-order valence-electron chi connectivity index (χ1n) is 12.9. The maximum absolute atomic E-state index is 13.5. The maximum atomic E-state index is 13.5. The molecule has 214 valence electrons. The molecule has 0 bridgehead atoms. The number of amides is 2. The van der Waals surface area contributed by atoms with E-state index in [9.17, 15) is 23.2 Å². The predicted molar refractivity (Wildman–Crippen MR) is 148 cm³/mol. The van der Waals surface area contributed by atoms with Gasteiger partial charge in [0.05, 0.1) is 6.04 Å². The predicted octanol–water partition coefficient (Wildman–Crippen LogP) is 6.26. The van der Waals surface area contributed by atoms with E-state index in [2.05, 4.69) is 4.98 Å². The largest absolute Gasteiger partial charge is 0.443 e. The highest BCUT2D eigenvalue weighted by Gasteiger charge is 2.34. The number of Topliss-reactive ketones (excluding diaryl/α,β-unsaturated/α-hetero) is 1. The fraction of sp³-hybridized carbons (Fsp3) is 0.400. The average molecular weight is 556 g/mol. The molecule has 2 N–H and O–H groups in total. The highest BCUT2D eigenvalue weighted by atomic mass is 19.2. The molecule has 0 aliphatic heterocycles. The molecule has 0 fully saturated rings. The third-order valence-electron chi connectivity index (χ3n) is 5.69. The fourth-order valence-electron chi connectivity index (χ4n) is 3.90. The number of rotatable bonds is 7. The Morgan fingerprint density at radius 2 is 1.48 bits per heavy atom. The number of anilines is 1. The summed E-state index contributed by atoms with van der Waals surface area (Å²) in [5.41, 5.74) is 5.54. The summed E-state index contributed by atoms with van der Waals surface area (Å²) in [6.07, 6.45) is 0.216. The van der Waals surface area contributed by atoms with Crippen molar-refractivity contribution < 1.29 is 32.6 Å². The Hall–Kier alpha value is -3.92. The van der Waals surface area contributed by atoms with Gasteiger partial charge in [-0.2, -0.15) is 4.90 Å². The van der Waals surface area contributed by atoms with Crippen LogP contribution in [-0.2, 0) is 27.1 Å². The second-order valence-corrected chi connectivity index (χ2v) is 11.5. The van der Waals surface area contributed by atoms with Crippen LogP contribution in [0.5, 0.6) is 0 Å². The number of nitrogens with zero attached hydrogens (tertiary/aromatic N) is 2. The van der Waals surface area contributed by atoms with Crippen LogP contribution in [0, 0.1) is 11.6 Å². The number of pyridine rings is 1. The number of fused-ring (bicyclic) bond motifs is 1. The van der Waals surface area contributed by atoms with Crippen molar-refractivity contribution in [1.29, 1.82) is 0 Å². The molecule has 1 atom stereocenters. The number of hydrogen-bond acceptors (Lipinski definition) is 7. The summed E-state index contributed by atoms with van der Waals surface area (Å²) in [5, 5.41) is 1.18. The third-order valence-corrected chi connectivity index (χ3v) is 5.69. The maximum Gasteiger partial charge on any atom is 0.425 e. The van der Waals surface area contributed by atoms with Gasteiger partial charge in [-0.05, 0) is 89.1 Å². The Balaban J connectivity index is 1.81. The molecule has 2 aromatic carbocycles. The number of nitrogens with two attached hydrogens (primary N) is 1. The molecule has 40 heavy (non-hydrogen) atoms. The van der Waals surface area contributed by atoms with Gasteiger partial charge in [0, 0.05) is 18.0 Å². The molecule has 3 aromatic rings. The number of aryl methyl sites for hydroxylation is 1. The summed E-state index contributed by atoms with van der Waals surface area (Å²) in [6, 6.07) is 9.61. The van der Waals surface area contributed by atoms with Crippen LogP contribution in [0.1, 0.15) is 59.1 Å². The van der Waals surface area contributed by atoms with E-state index in [1.54, 1.807) is 59.7 Å². The minimum atomic E-state index is -0.987. The van der Waals surface area contributed by atoms with Crippen molar-refractivity contribution >= 4 is 34.6 Å². The van der Waals surface area contributed by atoms with Crippen LogP contribution in [-0.4, -0.2) is 40.2 Å². The molecule has 8 nitrogen and oxygen atoms in total. The molecule has 3 rings (SSSR count). The molecule has 0 aliphatic rings. The lowest BCUT2D eigenvalue weighted by Crippen LogP contribution is -2.44. The van der Waals surface area contributed by atoms with Crippen LogP contribution < -0.4 is 10.6 Å². The number of imide groups is 1. The van der Waals surface area contributed by atoms with Crippen molar-refractivity contribution in [3.8, 4) is 0 Å². The quantitative estimate of drug-likeness (QED) is 0.366. The molecule has 1 heterocycles. The summed E-state index contributed by atoms with van der Waals surface area (Å²) in [5.74, 6) is -2.11. The molecule has 1 aromatic heterocycles. The third kappa shape index (κ3) is 8.29. The first kappa shape index (κ1) is 30.6. The van der Waals surface area contributed by atoms with Crippen LogP contribution in [0.15, 0.2) is 48.7 Å². The van der Waals surface area contributed by atoms with Crippen LogP contribution in [0.25, 0.3) is 10.8 Å². The Labute approximate surface area is 232 Å². The van der Waals surface area contributed by atoms with Crippen molar-refractivity contribution in [3.05, 3.63) is 71.4 Å². The Morgan fingerprint density at radius 3 is 2.05 bits per heavy atom. The number of ether oxygens (including phenoxy) is 2. The molecular weight excluding hydrogens is 520 g/mol. The highest BCUT2D eigenvalue weighted by Crippen LogP contribution is 2.29. The first-order chi connectivity index (χ1) is 18.5. The summed E-state index contributed by atoms with van der Waals surface area (Å²) in [7, 11) is 0. The lowest BCUT2D eigenvalue weighted by atomic mass is 9.97. The number of halogens is 2. The van der Waals surface area contributed by atoms with Gasteiger partial charge in [0.2, 0.25) is 0 Å². The summed E-state index contributed by atoms with van der Waals surface area (Å²) in [4.78, 5) is 43.9. The first-order valence-corrected chi connectivity index (χ1v) is 12.9. The van der Waals surface area contributed by atoms with Gasteiger partial charge >= 0.3 is 12.2 Å². The van der Waals surface area contributed by atoms with E-state index in [1.807, 2.05) is 6.07 Å². The zero-order valence-electron chi connectivity index (χ0n) is 23.6. The molecular formula is C30H35F2N3O5. The summed E-state index contributed by atoms with van der Waals surface area (Å²) in [6.45, 7) is 10.1. The zero-order valence-corrected chi connectivity index (χ0v) is 23.6. The van der Waals surface area contributed by atoms with Crippen LogP contribution in [0.3, 0.4) is 0 Å². The Kier molecular flexibility index (Phi) is 9.25. The zero-order chi connectivity index (χ0) is 29.8. The normalized spacial score (nSPS) is 12.6. The van der Waals surface area contributed by atoms with Crippen LogP contribution in [0.4, 0.5) is 24.2 Å². The lowest BCUT2D eigenvalue weighted by molar-refractivity contribution is -0.120. The van der Waals surface area contributed by atoms with E-state index in [0.717, 1.165) is 22.6 Å². The molecule has 2 amide bonds. The van der Waals surface area contributed by atoms with Gasteiger partial charge in [-0.3, -0.25) is 4.79 Å². The van der Waals surface area contributed by atoms with E-state index in [1.165, 1.54) is 12.3 Å². The van der Waals surface area contributed by atoms with Gasteiger partial charge in [-0.1, -0.05) is 24.3 Å². The number of benzene rings is 2. The second-order valence-electron chi connectivity index (χ2n) is 11.5. The number of carbonyl (C=O) groups excluding carboxylic acids is 3. The second kappa shape index (κ2) is 12.1. The SMILES string of the molecule is CC(C)(C)OC(=O)N(C(=O)OC(C)(C)C)c1nccc2cc(CCC(=O)[C@@H](N)Cc3ccc(F)c(F)c3)ccc12. The van der Waals surface area contributed by atoms with Gasteiger partial charge in [-0.25, -0.2) is 23.4 Å². The van der Waals surface area contributed by atoms with E-state index in [4.69, 9.17) is 15.2 Å². The fourth-order valence-corrected chi connectivity index (χ4v) is 3.90. The number of ketones is 1. The lowest BCUT2D eigenvalue weighted by Gasteiger charge is -2.28. The van der Waals surface area contributed by atoms with E-state index in [0.29, 0.717) is 22.8 Å². The molecule has 0 unspecified atom stereocenters. The van der Waals surface area contributed by atoms with E-state index >= 15 is 0 Å². The Bertz CT molecular complexity index is 1380. The van der Waals surface area contributed by atoms with Gasteiger partial charge in [-0.15, -0.1) is 0 Å². The van der Waals surface area contributed by atoms with Gasteiger partial charge in [0.1, 0.15) is 17.0 Å². The van der Waals surface area contributed by atoms with Crippen molar-refractivity contribution in [1.82, 2.24) is 4.98 Å². The molecule has 0 saturated heterocycles. The monoisotopic (exact) mass is 555 g/mol. The van der Waals surface area contributed by atoms with Crippen molar-refractivity contribution in [2.75, 3.05) is 4.90 Å². The average Bonchev–Trinajstić information content (AvgIpc) is 2.82. The Morgan fingerprint density at radius 1 is 0.875 bits per heavy atom. The number of hydrogen-bond donors (Lipinski definition) is 1. The van der Waals surface area contributed by atoms with E-state index < -0.39 is 41.1 Å². The minimum Gasteiger partial charge on any atom is -0.443 e. The minimum absolute atomic E-state index is 0.0529. The molecule has 10 heteroatoms. The molecule has 0 aliphatic carbocycles. The van der Waals surface area contributed by atoms with Gasteiger partial charge < -0.3 is 15.2 Å². The smallest absolute Gasteiger partial charge is 0.425 e. The topological polar surface area (TPSA) is 112 Å². The molecule has 0 radical (unpaired) electrons. The van der Waals surface area contributed by atoms with E-state index in [-0.39, 0.29) is 24.4 Å². The summed E-state index contributed by atoms with van der Waals surface area (Å²) < 4.78 is 37.6. The van der Waals surface area contributed by atoms with Crippen LogP contribution in [0.2, 0.25) is 0 Å². The standard InChI is InChI=1S/C30H35F2N3O5/c1-29(2,3)39-27(37)35(28(38)40-30(4,5)6)26-21-10-7-18(15-20(21)13-14-34-26)9-12-25(36)24(33)17-19-8-11-22(31)23(32)16-19/h7-8,10-11,13-16,24H,9,12,17,33H2,1-6H3/t24-/m0/s1. The van der Waals surface area contributed by atoms with Crippen molar-refractivity contribution in [3.63, 3.8) is 0 Å². The highest BCUT2D eigenvalue weighted by molar-refractivity contribution is 6.13. The molecule has 0 spiro atoms.